The molecule has 112 valence electrons. The van der Waals surface area contributed by atoms with Crippen LogP contribution in [0.15, 0.2) is 23.1 Å². The number of rotatable bonds is 7. The van der Waals surface area contributed by atoms with Gasteiger partial charge in [0.05, 0.1) is 17.4 Å². The Labute approximate surface area is 116 Å². The van der Waals surface area contributed by atoms with Crippen LogP contribution in [-0.4, -0.2) is 39.3 Å². The van der Waals surface area contributed by atoms with Crippen molar-refractivity contribution in [2.24, 2.45) is 0 Å². The molecule has 0 amide bonds. The summed E-state index contributed by atoms with van der Waals surface area (Å²) in [5.41, 5.74) is 0.268. The molecule has 0 saturated heterocycles. The molecule has 1 rings (SSSR count). The SMILES string of the molecule is COC(CNS(=O)(=O)c1ccc(F)cc1C)CC(=O)O. The number of methoxy groups -OCH3 is 1. The highest BCUT2D eigenvalue weighted by atomic mass is 32.2. The van der Waals surface area contributed by atoms with Gasteiger partial charge in [0.15, 0.2) is 0 Å². The van der Waals surface area contributed by atoms with E-state index in [1.165, 1.54) is 14.0 Å². The van der Waals surface area contributed by atoms with Crippen molar-refractivity contribution >= 4 is 16.0 Å². The Balaban J connectivity index is 2.82. The molecule has 0 aliphatic carbocycles. The summed E-state index contributed by atoms with van der Waals surface area (Å²) in [5, 5.41) is 8.64. The molecule has 20 heavy (non-hydrogen) atoms. The first-order valence-electron chi connectivity index (χ1n) is 5.76. The molecule has 6 nitrogen and oxygen atoms in total. The summed E-state index contributed by atoms with van der Waals surface area (Å²) in [4.78, 5) is 10.5. The van der Waals surface area contributed by atoms with Crippen LogP contribution >= 0.6 is 0 Å². The van der Waals surface area contributed by atoms with Crippen LogP contribution in [0.3, 0.4) is 0 Å². The maximum atomic E-state index is 12.9. The van der Waals surface area contributed by atoms with Crippen LogP contribution in [0, 0.1) is 12.7 Å². The monoisotopic (exact) mass is 305 g/mol. The van der Waals surface area contributed by atoms with Crippen LogP contribution in [0.5, 0.6) is 0 Å². The van der Waals surface area contributed by atoms with Gasteiger partial charge in [-0.05, 0) is 30.7 Å². The van der Waals surface area contributed by atoms with E-state index in [1.807, 2.05) is 0 Å². The summed E-state index contributed by atoms with van der Waals surface area (Å²) in [6.45, 7) is 1.30. The largest absolute Gasteiger partial charge is 0.481 e. The summed E-state index contributed by atoms with van der Waals surface area (Å²) in [6.07, 6.45) is -1.09. The lowest BCUT2D eigenvalue weighted by molar-refractivity contribution is -0.139. The maximum absolute atomic E-state index is 12.9. The summed E-state index contributed by atoms with van der Waals surface area (Å²) < 4.78 is 44.1. The zero-order valence-corrected chi connectivity index (χ0v) is 11.9. The summed E-state index contributed by atoms with van der Waals surface area (Å²) in [6, 6.07) is 3.32. The first kappa shape index (κ1) is 16.5. The second kappa shape index (κ2) is 6.78. The number of carboxylic acid groups (broad SMARTS) is 1. The van der Waals surface area contributed by atoms with E-state index in [1.54, 1.807) is 0 Å². The summed E-state index contributed by atoms with van der Waals surface area (Å²) in [7, 11) is -2.54. The molecule has 0 aliphatic rings. The van der Waals surface area contributed by atoms with Gasteiger partial charge in [-0.1, -0.05) is 0 Å². The second-order valence-electron chi connectivity index (χ2n) is 4.22. The first-order chi connectivity index (χ1) is 9.26. The number of aliphatic carboxylic acids is 1. The molecule has 1 atom stereocenters. The van der Waals surface area contributed by atoms with Crippen molar-refractivity contribution < 1.29 is 27.4 Å². The van der Waals surface area contributed by atoms with Gasteiger partial charge >= 0.3 is 5.97 Å². The molecule has 8 heteroatoms. The first-order valence-corrected chi connectivity index (χ1v) is 7.25. The Bertz CT molecular complexity index is 588. The van der Waals surface area contributed by atoms with Crippen LogP contribution in [0.25, 0.3) is 0 Å². The molecule has 0 spiro atoms. The smallest absolute Gasteiger partial charge is 0.306 e. The number of nitrogens with one attached hydrogen (secondary N) is 1. The highest BCUT2D eigenvalue weighted by molar-refractivity contribution is 7.89. The highest BCUT2D eigenvalue weighted by Crippen LogP contribution is 2.16. The highest BCUT2D eigenvalue weighted by Gasteiger charge is 2.20. The number of ether oxygens (including phenoxy) is 1. The Hall–Kier alpha value is -1.51. The van der Waals surface area contributed by atoms with Crippen molar-refractivity contribution in [2.75, 3.05) is 13.7 Å². The minimum absolute atomic E-state index is 0.0518. The molecule has 2 N–H and O–H groups in total. The fourth-order valence-electron chi connectivity index (χ4n) is 1.63. The Morgan fingerprint density at radius 3 is 2.65 bits per heavy atom. The second-order valence-corrected chi connectivity index (χ2v) is 5.95. The molecule has 1 aromatic carbocycles. The number of carboxylic acids is 1. The lowest BCUT2D eigenvalue weighted by Gasteiger charge is -2.15. The van der Waals surface area contributed by atoms with Crippen LogP contribution in [0.1, 0.15) is 12.0 Å². The molecule has 0 fully saturated rings. The van der Waals surface area contributed by atoms with E-state index in [0.29, 0.717) is 0 Å². The van der Waals surface area contributed by atoms with Gasteiger partial charge < -0.3 is 9.84 Å². The topological polar surface area (TPSA) is 92.7 Å². The van der Waals surface area contributed by atoms with Gasteiger partial charge in [0.25, 0.3) is 0 Å². The fourth-order valence-corrected chi connectivity index (χ4v) is 2.92. The van der Waals surface area contributed by atoms with Gasteiger partial charge in [-0.15, -0.1) is 0 Å². The van der Waals surface area contributed by atoms with Crippen molar-refractivity contribution in [3.8, 4) is 0 Å². The molecule has 1 aromatic rings. The number of sulfonamides is 1. The van der Waals surface area contributed by atoms with Gasteiger partial charge in [-0.3, -0.25) is 4.79 Å². The predicted molar refractivity (Wildman–Crippen MR) is 69.4 cm³/mol. The fraction of sp³-hybridized carbons (Fsp3) is 0.417. The number of benzene rings is 1. The third-order valence-electron chi connectivity index (χ3n) is 2.66. The molecule has 1 unspecified atom stereocenters. The molecular weight excluding hydrogens is 289 g/mol. The lowest BCUT2D eigenvalue weighted by atomic mass is 10.2. The van der Waals surface area contributed by atoms with Gasteiger partial charge in [0.1, 0.15) is 5.82 Å². The van der Waals surface area contributed by atoms with E-state index >= 15 is 0 Å². The van der Waals surface area contributed by atoms with E-state index in [0.717, 1.165) is 18.2 Å². The molecule has 0 saturated carbocycles. The minimum Gasteiger partial charge on any atom is -0.481 e. The van der Waals surface area contributed by atoms with Crippen LogP contribution < -0.4 is 4.72 Å². The van der Waals surface area contributed by atoms with Gasteiger partial charge in [0, 0.05) is 13.7 Å². The van der Waals surface area contributed by atoms with Crippen molar-refractivity contribution in [1.82, 2.24) is 4.72 Å². The normalized spacial score (nSPS) is 13.2. The quantitative estimate of drug-likeness (QED) is 0.781. The third-order valence-corrected chi connectivity index (χ3v) is 4.25. The minimum atomic E-state index is -3.84. The van der Waals surface area contributed by atoms with Crippen molar-refractivity contribution in [2.45, 2.75) is 24.3 Å². The number of halogens is 1. The van der Waals surface area contributed by atoms with Gasteiger partial charge in [-0.25, -0.2) is 17.5 Å². The Kier molecular flexibility index (Phi) is 5.61. The Morgan fingerprint density at radius 2 is 2.15 bits per heavy atom. The summed E-state index contributed by atoms with van der Waals surface area (Å²) in [5.74, 6) is -1.61. The molecule has 0 heterocycles. The van der Waals surface area contributed by atoms with E-state index in [-0.39, 0.29) is 23.4 Å². The molecular formula is C12H16FNO5S. The number of aryl methyl sites for hydroxylation is 1. The lowest BCUT2D eigenvalue weighted by Crippen LogP contribution is -2.34. The van der Waals surface area contributed by atoms with Crippen molar-refractivity contribution in [3.05, 3.63) is 29.6 Å². The van der Waals surface area contributed by atoms with Crippen LogP contribution in [0.4, 0.5) is 4.39 Å². The van der Waals surface area contributed by atoms with Gasteiger partial charge in [0.2, 0.25) is 10.0 Å². The molecule has 0 bridgehead atoms. The molecule has 0 aliphatic heterocycles. The summed E-state index contributed by atoms with van der Waals surface area (Å²) >= 11 is 0. The molecule has 0 aromatic heterocycles. The standard InChI is InChI=1S/C12H16FNO5S/c1-8-5-9(13)3-4-11(8)20(17,18)14-7-10(19-2)6-12(15)16/h3-5,10,14H,6-7H2,1-2H3,(H,15,16). The van der Waals surface area contributed by atoms with E-state index in [4.69, 9.17) is 9.84 Å². The average molecular weight is 305 g/mol. The number of carbonyl (C=O) groups is 1. The maximum Gasteiger partial charge on any atom is 0.306 e. The number of hydrogen-bond acceptors (Lipinski definition) is 4. The Morgan fingerprint density at radius 1 is 1.50 bits per heavy atom. The van der Waals surface area contributed by atoms with Crippen molar-refractivity contribution in [3.63, 3.8) is 0 Å². The molecule has 0 radical (unpaired) electrons. The van der Waals surface area contributed by atoms with Crippen LogP contribution in [-0.2, 0) is 19.6 Å². The van der Waals surface area contributed by atoms with Gasteiger partial charge in [-0.2, -0.15) is 0 Å². The van der Waals surface area contributed by atoms with E-state index in [2.05, 4.69) is 4.72 Å². The van der Waals surface area contributed by atoms with E-state index < -0.39 is 27.9 Å². The zero-order chi connectivity index (χ0) is 15.3. The third kappa shape index (κ3) is 4.55. The predicted octanol–water partition coefficient (Wildman–Crippen LogP) is 0.902. The zero-order valence-electron chi connectivity index (χ0n) is 11.1. The van der Waals surface area contributed by atoms with Crippen LogP contribution in [0.2, 0.25) is 0 Å². The van der Waals surface area contributed by atoms with E-state index in [9.17, 15) is 17.6 Å². The van der Waals surface area contributed by atoms with Crippen molar-refractivity contribution in [1.29, 1.82) is 0 Å². The number of hydrogen-bond donors (Lipinski definition) is 2. The average Bonchev–Trinajstić information content (AvgIpc) is 2.33.